The summed E-state index contributed by atoms with van der Waals surface area (Å²) in [5, 5.41) is 12.1. The molecule has 0 saturated heterocycles. The van der Waals surface area contributed by atoms with Gasteiger partial charge in [0.05, 0.1) is 10.6 Å². The second-order valence-electron chi connectivity index (χ2n) is 4.61. The number of aliphatic hydroxyl groups is 1. The second-order valence-corrected chi connectivity index (χ2v) is 5.02. The molecule has 0 aliphatic carbocycles. The highest BCUT2D eigenvalue weighted by Crippen LogP contribution is 2.19. The minimum Gasteiger partial charge on any atom is -0.396 e. The number of hydrogen-bond acceptors (Lipinski definition) is 2. The summed E-state index contributed by atoms with van der Waals surface area (Å²) in [5.74, 6) is -0.232. The van der Waals surface area contributed by atoms with Crippen LogP contribution < -0.4 is 5.32 Å². The number of nitrogens with one attached hydrogen (secondary N) is 1. The third-order valence-corrected chi connectivity index (χ3v) is 3.29. The van der Waals surface area contributed by atoms with Gasteiger partial charge in [0.2, 0.25) is 0 Å². The first-order chi connectivity index (χ1) is 9.60. The largest absolute Gasteiger partial charge is 0.396 e. The number of amides is 1. The lowest BCUT2D eigenvalue weighted by molar-refractivity contribution is 0.102. The van der Waals surface area contributed by atoms with Crippen molar-refractivity contribution >= 4 is 23.2 Å². The monoisotopic (exact) mass is 289 g/mol. The summed E-state index contributed by atoms with van der Waals surface area (Å²) in [7, 11) is 0. The van der Waals surface area contributed by atoms with Gasteiger partial charge in [0.15, 0.2) is 0 Å². The molecule has 0 bridgehead atoms. The van der Waals surface area contributed by atoms with Crippen molar-refractivity contribution in [1.82, 2.24) is 0 Å². The Bertz CT molecular complexity index is 608. The van der Waals surface area contributed by atoms with E-state index in [4.69, 9.17) is 16.7 Å². The summed E-state index contributed by atoms with van der Waals surface area (Å²) in [6, 6.07) is 12.7. The molecule has 1 amide bonds. The van der Waals surface area contributed by atoms with Crippen LogP contribution in [0.3, 0.4) is 0 Å². The molecule has 0 unspecified atom stereocenters. The number of carbonyl (C=O) groups excluding carboxylic acids is 1. The third kappa shape index (κ3) is 3.59. The lowest BCUT2D eigenvalue weighted by atomic mass is 10.1. The van der Waals surface area contributed by atoms with Crippen LogP contribution in [-0.2, 0) is 6.42 Å². The summed E-state index contributed by atoms with van der Waals surface area (Å²) in [4.78, 5) is 12.1. The van der Waals surface area contributed by atoms with Crippen LogP contribution in [0.4, 0.5) is 5.69 Å². The zero-order valence-corrected chi connectivity index (χ0v) is 11.9. The Balaban J connectivity index is 2.11. The highest BCUT2D eigenvalue weighted by molar-refractivity contribution is 6.34. The van der Waals surface area contributed by atoms with Gasteiger partial charge in [0.1, 0.15) is 0 Å². The molecule has 0 fully saturated rings. The van der Waals surface area contributed by atoms with Crippen LogP contribution in [0.15, 0.2) is 42.5 Å². The number of halogens is 1. The number of carbonyl (C=O) groups is 1. The van der Waals surface area contributed by atoms with Crippen LogP contribution in [-0.4, -0.2) is 17.6 Å². The van der Waals surface area contributed by atoms with E-state index in [0.717, 1.165) is 11.1 Å². The van der Waals surface area contributed by atoms with Crippen LogP contribution in [0.2, 0.25) is 5.02 Å². The SMILES string of the molecule is Cc1ccc(C(=O)Nc2ccc(CCO)cc2)c(Cl)c1. The molecule has 0 heterocycles. The summed E-state index contributed by atoms with van der Waals surface area (Å²) < 4.78 is 0. The molecule has 0 aromatic heterocycles. The van der Waals surface area contributed by atoms with Gasteiger partial charge in [0, 0.05) is 12.3 Å². The molecule has 2 N–H and O–H groups in total. The van der Waals surface area contributed by atoms with Gasteiger partial charge >= 0.3 is 0 Å². The van der Waals surface area contributed by atoms with Gasteiger partial charge < -0.3 is 10.4 Å². The van der Waals surface area contributed by atoms with E-state index in [2.05, 4.69) is 5.32 Å². The maximum Gasteiger partial charge on any atom is 0.257 e. The Morgan fingerprint density at radius 2 is 1.90 bits per heavy atom. The molecule has 0 spiro atoms. The summed E-state index contributed by atoms with van der Waals surface area (Å²) >= 11 is 6.07. The van der Waals surface area contributed by atoms with Gasteiger partial charge in [0.25, 0.3) is 5.91 Å². The standard InChI is InChI=1S/C16H16ClNO2/c1-11-2-7-14(15(17)10-11)16(20)18-13-5-3-12(4-6-13)8-9-19/h2-7,10,19H,8-9H2,1H3,(H,18,20). The fourth-order valence-electron chi connectivity index (χ4n) is 1.89. The van der Waals surface area contributed by atoms with Gasteiger partial charge in [-0.1, -0.05) is 29.8 Å². The lowest BCUT2D eigenvalue weighted by Crippen LogP contribution is -2.12. The molecule has 0 radical (unpaired) electrons. The Hall–Kier alpha value is -1.84. The summed E-state index contributed by atoms with van der Waals surface area (Å²) in [6.45, 7) is 2.04. The lowest BCUT2D eigenvalue weighted by Gasteiger charge is -2.08. The van der Waals surface area contributed by atoms with E-state index in [1.165, 1.54) is 0 Å². The molecular formula is C16H16ClNO2. The van der Waals surface area contributed by atoms with Crippen LogP contribution >= 0.6 is 11.6 Å². The molecule has 2 aromatic rings. The molecule has 0 saturated carbocycles. The van der Waals surface area contributed by atoms with E-state index >= 15 is 0 Å². The second kappa shape index (κ2) is 6.55. The first kappa shape index (κ1) is 14.6. The van der Waals surface area contributed by atoms with Gasteiger partial charge in [-0.05, 0) is 48.7 Å². The van der Waals surface area contributed by atoms with E-state index < -0.39 is 0 Å². The van der Waals surface area contributed by atoms with Crippen molar-refractivity contribution in [3.05, 3.63) is 64.2 Å². The van der Waals surface area contributed by atoms with Crippen molar-refractivity contribution in [2.45, 2.75) is 13.3 Å². The van der Waals surface area contributed by atoms with Gasteiger partial charge in [-0.3, -0.25) is 4.79 Å². The average molecular weight is 290 g/mol. The Labute approximate surface area is 123 Å². The van der Waals surface area contributed by atoms with Crippen LogP contribution in [0.25, 0.3) is 0 Å². The molecule has 0 aliphatic heterocycles. The maximum absolute atomic E-state index is 12.1. The predicted octanol–water partition coefficient (Wildman–Crippen LogP) is 3.44. The van der Waals surface area contributed by atoms with E-state index in [9.17, 15) is 4.79 Å². The third-order valence-electron chi connectivity index (χ3n) is 2.98. The average Bonchev–Trinajstić information content (AvgIpc) is 2.41. The number of hydrogen-bond donors (Lipinski definition) is 2. The van der Waals surface area contributed by atoms with Gasteiger partial charge in [-0.2, -0.15) is 0 Å². The number of rotatable bonds is 4. The molecule has 0 atom stereocenters. The van der Waals surface area contributed by atoms with Gasteiger partial charge in [-0.15, -0.1) is 0 Å². The fourth-order valence-corrected chi connectivity index (χ4v) is 2.21. The number of anilines is 1. The molecule has 20 heavy (non-hydrogen) atoms. The Morgan fingerprint density at radius 1 is 1.20 bits per heavy atom. The van der Waals surface area contributed by atoms with E-state index in [1.807, 2.05) is 37.3 Å². The molecule has 104 valence electrons. The first-order valence-corrected chi connectivity index (χ1v) is 6.75. The van der Waals surface area contributed by atoms with Crippen molar-refractivity contribution in [3.8, 4) is 0 Å². The van der Waals surface area contributed by atoms with Crippen molar-refractivity contribution in [2.75, 3.05) is 11.9 Å². The van der Waals surface area contributed by atoms with Gasteiger partial charge in [-0.25, -0.2) is 0 Å². The minimum absolute atomic E-state index is 0.116. The first-order valence-electron chi connectivity index (χ1n) is 6.37. The van der Waals surface area contributed by atoms with E-state index in [-0.39, 0.29) is 12.5 Å². The van der Waals surface area contributed by atoms with Crippen molar-refractivity contribution in [1.29, 1.82) is 0 Å². The number of benzene rings is 2. The van der Waals surface area contributed by atoms with Crippen LogP contribution in [0.1, 0.15) is 21.5 Å². The molecule has 0 aliphatic rings. The molecule has 2 aromatic carbocycles. The highest BCUT2D eigenvalue weighted by atomic mass is 35.5. The zero-order valence-electron chi connectivity index (χ0n) is 11.2. The van der Waals surface area contributed by atoms with Crippen molar-refractivity contribution in [3.63, 3.8) is 0 Å². The minimum atomic E-state index is -0.232. The van der Waals surface area contributed by atoms with Crippen molar-refractivity contribution in [2.24, 2.45) is 0 Å². The molecular weight excluding hydrogens is 274 g/mol. The van der Waals surface area contributed by atoms with Crippen LogP contribution in [0.5, 0.6) is 0 Å². The van der Waals surface area contributed by atoms with E-state index in [1.54, 1.807) is 12.1 Å². The maximum atomic E-state index is 12.1. The quantitative estimate of drug-likeness (QED) is 0.906. The molecule has 3 nitrogen and oxygen atoms in total. The Morgan fingerprint density at radius 3 is 2.50 bits per heavy atom. The van der Waals surface area contributed by atoms with E-state index in [0.29, 0.717) is 22.7 Å². The summed E-state index contributed by atoms with van der Waals surface area (Å²) in [6.07, 6.45) is 0.609. The highest BCUT2D eigenvalue weighted by Gasteiger charge is 2.10. The molecule has 2 rings (SSSR count). The van der Waals surface area contributed by atoms with Crippen molar-refractivity contribution < 1.29 is 9.90 Å². The predicted molar refractivity (Wildman–Crippen MR) is 81.4 cm³/mol. The number of aliphatic hydroxyl groups excluding tert-OH is 1. The Kier molecular flexibility index (Phi) is 4.77. The smallest absolute Gasteiger partial charge is 0.257 e. The van der Waals surface area contributed by atoms with Crippen LogP contribution in [0, 0.1) is 6.92 Å². The summed E-state index contributed by atoms with van der Waals surface area (Å²) in [5.41, 5.74) is 3.20. The number of aryl methyl sites for hydroxylation is 1. The topological polar surface area (TPSA) is 49.3 Å². The zero-order chi connectivity index (χ0) is 14.5. The normalized spacial score (nSPS) is 10.3. The fraction of sp³-hybridized carbons (Fsp3) is 0.188. The molecule has 4 heteroatoms.